The van der Waals surface area contributed by atoms with Crippen molar-refractivity contribution in [2.45, 2.75) is 10.8 Å². The molecule has 0 aliphatic heterocycles. The van der Waals surface area contributed by atoms with Crippen LogP contribution in [0.5, 0.6) is 11.5 Å². The molecule has 24 heavy (non-hydrogen) atoms. The van der Waals surface area contributed by atoms with Crippen LogP contribution in [0.4, 0.5) is 0 Å². The third kappa shape index (κ3) is 3.91. The normalized spacial score (nSPS) is 10.6. The van der Waals surface area contributed by atoms with Crippen molar-refractivity contribution in [1.82, 2.24) is 9.97 Å². The fourth-order valence-corrected chi connectivity index (χ4v) is 4.39. The van der Waals surface area contributed by atoms with Crippen LogP contribution < -0.4 is 9.47 Å². The molecule has 124 valence electrons. The number of thiazole rings is 1. The highest BCUT2D eigenvalue weighted by Gasteiger charge is 2.10. The van der Waals surface area contributed by atoms with Gasteiger partial charge in [0.25, 0.3) is 0 Å². The first-order valence-corrected chi connectivity index (χ1v) is 9.77. The summed E-state index contributed by atoms with van der Waals surface area (Å²) >= 11 is 6.80. The van der Waals surface area contributed by atoms with E-state index in [1.54, 1.807) is 43.5 Å². The van der Waals surface area contributed by atoms with E-state index in [0.717, 1.165) is 31.5 Å². The summed E-state index contributed by atoms with van der Waals surface area (Å²) in [7, 11) is 3.27. The van der Waals surface area contributed by atoms with Gasteiger partial charge >= 0.3 is 0 Å². The van der Waals surface area contributed by atoms with Crippen LogP contribution in [0.15, 0.2) is 51.4 Å². The van der Waals surface area contributed by atoms with E-state index >= 15 is 0 Å². The Balaban J connectivity index is 1.75. The molecule has 0 aliphatic rings. The Morgan fingerprint density at radius 2 is 2.00 bits per heavy atom. The average Bonchev–Trinajstić information content (AvgIpc) is 3.09. The summed E-state index contributed by atoms with van der Waals surface area (Å²) in [4.78, 5) is 9.08. The number of thioether (sulfide) groups is 1. The Morgan fingerprint density at radius 3 is 2.75 bits per heavy atom. The van der Waals surface area contributed by atoms with E-state index in [2.05, 4.69) is 26.3 Å². The first-order valence-electron chi connectivity index (χ1n) is 7.11. The van der Waals surface area contributed by atoms with Gasteiger partial charge in [0.1, 0.15) is 10.0 Å². The Labute approximate surface area is 157 Å². The van der Waals surface area contributed by atoms with E-state index in [9.17, 15) is 0 Å². The molecule has 3 rings (SSSR count). The zero-order chi connectivity index (χ0) is 16.9. The molecule has 0 radical (unpaired) electrons. The molecule has 3 aromatic rings. The minimum Gasteiger partial charge on any atom is -0.493 e. The third-order valence-electron chi connectivity index (χ3n) is 3.26. The Hall–Kier alpha value is -1.57. The monoisotopic (exact) mass is 422 g/mol. The highest BCUT2D eigenvalue weighted by molar-refractivity contribution is 9.10. The van der Waals surface area contributed by atoms with Gasteiger partial charge in [-0.05, 0) is 46.3 Å². The van der Waals surface area contributed by atoms with Crippen molar-refractivity contribution in [2.75, 3.05) is 14.2 Å². The maximum atomic E-state index is 5.36. The Kier molecular flexibility index (Phi) is 5.76. The number of ether oxygens (including phenoxy) is 2. The summed E-state index contributed by atoms with van der Waals surface area (Å²) in [6.07, 6.45) is 1.79. The smallest absolute Gasteiger partial charge is 0.161 e. The van der Waals surface area contributed by atoms with Gasteiger partial charge in [0.15, 0.2) is 11.5 Å². The van der Waals surface area contributed by atoms with Crippen molar-refractivity contribution in [3.63, 3.8) is 0 Å². The summed E-state index contributed by atoms with van der Waals surface area (Å²) < 4.78 is 11.6. The molecule has 2 aromatic heterocycles. The number of pyridine rings is 1. The van der Waals surface area contributed by atoms with Crippen LogP contribution in [0.3, 0.4) is 0 Å². The lowest BCUT2D eigenvalue weighted by Gasteiger charge is -2.08. The molecule has 0 saturated heterocycles. The van der Waals surface area contributed by atoms with Gasteiger partial charge in [0, 0.05) is 27.4 Å². The van der Waals surface area contributed by atoms with Gasteiger partial charge in [-0.2, -0.15) is 0 Å². The van der Waals surface area contributed by atoms with Gasteiger partial charge in [-0.15, -0.1) is 11.3 Å². The molecule has 0 bridgehead atoms. The summed E-state index contributed by atoms with van der Waals surface area (Å²) in [6.45, 7) is 0. The molecule has 2 heterocycles. The minimum absolute atomic E-state index is 0.707. The number of benzene rings is 1. The van der Waals surface area contributed by atoms with Crippen molar-refractivity contribution in [3.8, 4) is 22.1 Å². The molecule has 0 aliphatic carbocycles. The average molecular weight is 423 g/mol. The zero-order valence-electron chi connectivity index (χ0n) is 13.2. The lowest BCUT2D eigenvalue weighted by Crippen LogP contribution is -1.91. The standard InChI is InChI=1S/C17H15BrN2O2S2/c1-21-14-6-5-11(8-15(14)22-2)16-20-12(9-23-16)10-24-17-13(18)4-3-7-19-17/h3-9H,10H2,1-2H3. The quantitative estimate of drug-likeness (QED) is 0.505. The number of hydrogen-bond donors (Lipinski definition) is 0. The van der Waals surface area contributed by atoms with Crippen molar-refractivity contribution < 1.29 is 9.47 Å². The maximum absolute atomic E-state index is 5.36. The minimum atomic E-state index is 0.707. The number of hydrogen-bond acceptors (Lipinski definition) is 6. The third-order valence-corrected chi connectivity index (χ3v) is 6.15. The van der Waals surface area contributed by atoms with E-state index in [-0.39, 0.29) is 0 Å². The summed E-state index contributed by atoms with van der Waals surface area (Å²) in [5, 5.41) is 4.01. The van der Waals surface area contributed by atoms with Crippen LogP contribution in [0, 0.1) is 0 Å². The van der Waals surface area contributed by atoms with Crippen molar-refractivity contribution in [3.05, 3.63) is 52.1 Å². The van der Waals surface area contributed by atoms with Crippen LogP contribution in [-0.2, 0) is 5.75 Å². The summed E-state index contributed by atoms with van der Waals surface area (Å²) in [6, 6.07) is 9.74. The molecule has 0 atom stereocenters. The van der Waals surface area contributed by atoms with Crippen LogP contribution in [0.1, 0.15) is 5.69 Å². The van der Waals surface area contributed by atoms with Crippen LogP contribution in [0.25, 0.3) is 10.6 Å². The SMILES string of the molecule is COc1ccc(-c2nc(CSc3ncccc3Br)cs2)cc1OC. The molecule has 0 fully saturated rings. The molecule has 0 unspecified atom stereocenters. The van der Waals surface area contributed by atoms with Crippen LogP contribution in [0.2, 0.25) is 0 Å². The first-order chi connectivity index (χ1) is 11.7. The Morgan fingerprint density at radius 1 is 1.17 bits per heavy atom. The van der Waals surface area contributed by atoms with Crippen molar-refractivity contribution in [1.29, 1.82) is 0 Å². The zero-order valence-corrected chi connectivity index (χ0v) is 16.4. The molecule has 7 heteroatoms. The van der Waals surface area contributed by atoms with Gasteiger partial charge in [0.05, 0.1) is 19.9 Å². The van der Waals surface area contributed by atoms with Gasteiger partial charge in [-0.3, -0.25) is 0 Å². The second-order valence-electron chi connectivity index (χ2n) is 4.79. The molecular weight excluding hydrogens is 408 g/mol. The number of nitrogens with zero attached hydrogens (tertiary/aromatic N) is 2. The number of methoxy groups -OCH3 is 2. The van der Waals surface area contributed by atoms with E-state index in [1.807, 2.05) is 30.3 Å². The van der Waals surface area contributed by atoms with Crippen molar-refractivity contribution in [2.24, 2.45) is 0 Å². The Bertz CT molecular complexity index is 839. The number of rotatable bonds is 6. The lowest BCUT2D eigenvalue weighted by molar-refractivity contribution is 0.355. The topological polar surface area (TPSA) is 44.2 Å². The van der Waals surface area contributed by atoms with E-state index in [4.69, 9.17) is 14.5 Å². The fourth-order valence-electron chi connectivity index (χ4n) is 2.09. The lowest BCUT2D eigenvalue weighted by atomic mass is 10.2. The number of aromatic nitrogens is 2. The van der Waals surface area contributed by atoms with E-state index < -0.39 is 0 Å². The van der Waals surface area contributed by atoms with Gasteiger partial charge in [-0.1, -0.05) is 11.8 Å². The highest BCUT2D eigenvalue weighted by atomic mass is 79.9. The molecule has 0 spiro atoms. The second kappa shape index (κ2) is 8.00. The molecule has 0 saturated carbocycles. The van der Waals surface area contributed by atoms with Gasteiger partial charge in [0.2, 0.25) is 0 Å². The molecule has 4 nitrogen and oxygen atoms in total. The maximum Gasteiger partial charge on any atom is 0.161 e. The molecule has 1 aromatic carbocycles. The van der Waals surface area contributed by atoms with Crippen molar-refractivity contribution >= 4 is 39.0 Å². The van der Waals surface area contributed by atoms with Crippen LogP contribution in [-0.4, -0.2) is 24.2 Å². The fraction of sp³-hybridized carbons (Fsp3) is 0.176. The van der Waals surface area contributed by atoms with E-state index in [1.165, 1.54) is 0 Å². The van der Waals surface area contributed by atoms with E-state index in [0.29, 0.717) is 11.5 Å². The molecular formula is C17H15BrN2O2S2. The number of halogens is 1. The summed E-state index contributed by atoms with van der Waals surface area (Å²) in [5.41, 5.74) is 2.06. The first kappa shape index (κ1) is 17.3. The second-order valence-corrected chi connectivity index (χ2v) is 7.47. The highest BCUT2D eigenvalue weighted by Crippen LogP contribution is 2.34. The van der Waals surface area contributed by atoms with Gasteiger partial charge in [-0.25, -0.2) is 9.97 Å². The molecule has 0 amide bonds. The van der Waals surface area contributed by atoms with Gasteiger partial charge < -0.3 is 9.47 Å². The largest absolute Gasteiger partial charge is 0.493 e. The predicted molar refractivity (Wildman–Crippen MR) is 102 cm³/mol. The molecule has 0 N–H and O–H groups in total. The summed E-state index contributed by atoms with van der Waals surface area (Å²) in [5.74, 6) is 2.20. The predicted octanol–water partition coefficient (Wildman–Crippen LogP) is 5.28. The van der Waals surface area contributed by atoms with Crippen LogP contribution >= 0.6 is 39.0 Å².